The fraction of sp³-hybridized carbons (Fsp3) is 0.650. The second-order valence-corrected chi connectivity index (χ2v) is 6.92. The van der Waals surface area contributed by atoms with E-state index in [1.807, 2.05) is 0 Å². The summed E-state index contributed by atoms with van der Waals surface area (Å²) < 4.78 is 0. The molecule has 2 amide bonds. The molecule has 1 aromatic carbocycles. The van der Waals surface area contributed by atoms with Crippen LogP contribution in [0.25, 0.3) is 0 Å². The molecule has 130 valence electrons. The second kappa shape index (κ2) is 11.1. The van der Waals surface area contributed by atoms with Gasteiger partial charge in [0.2, 0.25) is 0 Å². The van der Waals surface area contributed by atoms with Gasteiger partial charge in [-0.2, -0.15) is 0 Å². The molecular weight excluding hydrogens is 284 g/mol. The molecule has 0 radical (unpaired) electrons. The van der Waals surface area contributed by atoms with Gasteiger partial charge < -0.3 is 10.6 Å². The van der Waals surface area contributed by atoms with Crippen molar-refractivity contribution in [2.45, 2.75) is 72.3 Å². The lowest BCUT2D eigenvalue weighted by Crippen LogP contribution is -2.35. The van der Waals surface area contributed by atoms with Crippen molar-refractivity contribution in [3.05, 3.63) is 35.4 Å². The number of nitrogens with two attached hydrogens (primary N) is 1. The summed E-state index contributed by atoms with van der Waals surface area (Å²) in [4.78, 5) is 13.4. The predicted octanol–water partition coefficient (Wildman–Crippen LogP) is 5.13. The molecule has 0 saturated carbocycles. The van der Waals surface area contributed by atoms with Crippen LogP contribution in [0.2, 0.25) is 0 Å². The lowest BCUT2D eigenvalue weighted by atomic mass is 10.0. The van der Waals surface area contributed by atoms with Crippen molar-refractivity contribution in [2.75, 3.05) is 6.54 Å². The Kier molecular flexibility index (Phi) is 9.42. The fourth-order valence-electron chi connectivity index (χ4n) is 2.66. The maximum atomic E-state index is 11.6. The number of benzene rings is 1. The van der Waals surface area contributed by atoms with Gasteiger partial charge in [-0.1, -0.05) is 70.7 Å². The van der Waals surface area contributed by atoms with Crippen LogP contribution in [0.4, 0.5) is 4.79 Å². The van der Waals surface area contributed by atoms with Gasteiger partial charge in [0.05, 0.1) is 0 Å². The van der Waals surface area contributed by atoms with E-state index < -0.39 is 0 Å². The highest BCUT2D eigenvalue weighted by Gasteiger charge is 2.10. The number of unbranched alkanes of at least 4 members (excludes halogenated alkanes) is 4. The summed E-state index contributed by atoms with van der Waals surface area (Å²) in [7, 11) is 0. The summed E-state index contributed by atoms with van der Waals surface area (Å²) in [5.41, 5.74) is 8.05. The van der Waals surface area contributed by atoms with Gasteiger partial charge in [0.25, 0.3) is 0 Å². The van der Waals surface area contributed by atoms with Crippen LogP contribution < -0.4 is 5.73 Å². The number of hydrogen-bond donors (Lipinski definition) is 1. The normalized spacial score (nSPS) is 11.0. The van der Waals surface area contributed by atoms with Crippen molar-refractivity contribution in [3.8, 4) is 0 Å². The average molecular weight is 319 g/mol. The van der Waals surface area contributed by atoms with Crippen LogP contribution in [-0.2, 0) is 13.0 Å². The molecule has 0 spiro atoms. The van der Waals surface area contributed by atoms with E-state index in [0.29, 0.717) is 6.54 Å². The second-order valence-electron chi connectivity index (χ2n) is 6.92. The number of hydrogen-bond acceptors (Lipinski definition) is 1. The first kappa shape index (κ1) is 19.5. The molecule has 0 aliphatic carbocycles. The van der Waals surface area contributed by atoms with Gasteiger partial charge in [0.1, 0.15) is 0 Å². The molecule has 0 heterocycles. The van der Waals surface area contributed by atoms with E-state index in [1.54, 1.807) is 4.90 Å². The van der Waals surface area contributed by atoms with Crippen LogP contribution in [0.1, 0.15) is 70.4 Å². The molecule has 3 heteroatoms. The Morgan fingerprint density at radius 1 is 1.04 bits per heavy atom. The standard InChI is InChI=1S/C20H34N2O/c1-4-5-6-7-8-15-22(20(21)23)16-19-13-11-18(12-14-19)10-9-17(2)3/h11-14,17H,4-10,15-16H2,1-3H3,(H2,21,23). The third-order valence-corrected chi connectivity index (χ3v) is 4.25. The molecular formula is C20H34N2O. The summed E-state index contributed by atoms with van der Waals surface area (Å²) in [5, 5.41) is 0. The average Bonchev–Trinajstić information content (AvgIpc) is 2.52. The monoisotopic (exact) mass is 318 g/mol. The molecule has 1 rings (SSSR count). The van der Waals surface area contributed by atoms with E-state index in [-0.39, 0.29) is 6.03 Å². The van der Waals surface area contributed by atoms with Crippen molar-refractivity contribution in [1.29, 1.82) is 0 Å². The zero-order valence-electron chi connectivity index (χ0n) is 15.2. The number of carbonyl (C=O) groups excluding carboxylic acids is 1. The maximum Gasteiger partial charge on any atom is 0.315 e. The molecule has 0 aromatic heterocycles. The molecule has 0 aliphatic heterocycles. The lowest BCUT2D eigenvalue weighted by molar-refractivity contribution is 0.203. The minimum Gasteiger partial charge on any atom is -0.351 e. The third-order valence-electron chi connectivity index (χ3n) is 4.25. The summed E-state index contributed by atoms with van der Waals surface area (Å²) in [6, 6.07) is 8.30. The molecule has 0 unspecified atom stereocenters. The van der Waals surface area contributed by atoms with Crippen LogP contribution in [0.5, 0.6) is 0 Å². The van der Waals surface area contributed by atoms with E-state index in [4.69, 9.17) is 5.73 Å². The van der Waals surface area contributed by atoms with Crippen LogP contribution in [-0.4, -0.2) is 17.5 Å². The first-order valence-electron chi connectivity index (χ1n) is 9.15. The molecule has 0 saturated heterocycles. The van der Waals surface area contributed by atoms with Gasteiger partial charge in [-0.25, -0.2) is 4.79 Å². The Hall–Kier alpha value is -1.51. The van der Waals surface area contributed by atoms with Gasteiger partial charge in [-0.3, -0.25) is 0 Å². The number of amides is 2. The van der Waals surface area contributed by atoms with Crippen LogP contribution >= 0.6 is 0 Å². The Morgan fingerprint density at radius 2 is 1.65 bits per heavy atom. The van der Waals surface area contributed by atoms with E-state index in [2.05, 4.69) is 45.0 Å². The van der Waals surface area contributed by atoms with Crippen LogP contribution in [0, 0.1) is 5.92 Å². The number of primary amides is 1. The van der Waals surface area contributed by atoms with E-state index in [9.17, 15) is 4.79 Å². The summed E-state index contributed by atoms with van der Waals surface area (Å²) in [5.74, 6) is 0.729. The SMILES string of the molecule is CCCCCCCN(Cc1ccc(CCC(C)C)cc1)C(N)=O. The molecule has 2 N–H and O–H groups in total. The Bertz CT molecular complexity index is 439. The van der Waals surface area contributed by atoms with Crippen molar-refractivity contribution in [1.82, 2.24) is 4.90 Å². The predicted molar refractivity (Wildman–Crippen MR) is 98.4 cm³/mol. The van der Waals surface area contributed by atoms with Gasteiger partial charge in [0, 0.05) is 13.1 Å². The molecule has 1 aromatic rings. The largest absolute Gasteiger partial charge is 0.351 e. The molecule has 0 aliphatic rings. The van der Waals surface area contributed by atoms with Gasteiger partial charge in [0.15, 0.2) is 0 Å². The fourth-order valence-corrected chi connectivity index (χ4v) is 2.66. The van der Waals surface area contributed by atoms with E-state index in [0.717, 1.165) is 30.9 Å². The maximum absolute atomic E-state index is 11.6. The van der Waals surface area contributed by atoms with Crippen LogP contribution in [0.3, 0.4) is 0 Å². The molecule has 0 fully saturated rings. The first-order chi connectivity index (χ1) is 11.0. The van der Waals surface area contributed by atoms with Gasteiger partial charge in [-0.05, 0) is 36.3 Å². The molecule has 3 nitrogen and oxygen atoms in total. The molecule has 0 atom stereocenters. The third kappa shape index (κ3) is 8.63. The first-order valence-corrected chi connectivity index (χ1v) is 9.15. The summed E-state index contributed by atoms with van der Waals surface area (Å²) in [6.45, 7) is 8.08. The minimum atomic E-state index is -0.315. The Balaban J connectivity index is 2.44. The highest BCUT2D eigenvalue weighted by molar-refractivity contribution is 5.71. The Morgan fingerprint density at radius 3 is 2.22 bits per heavy atom. The molecule has 23 heavy (non-hydrogen) atoms. The smallest absolute Gasteiger partial charge is 0.315 e. The number of nitrogens with zero attached hydrogens (tertiary/aromatic N) is 1. The zero-order valence-corrected chi connectivity index (χ0v) is 15.2. The highest BCUT2D eigenvalue weighted by Crippen LogP contribution is 2.13. The van der Waals surface area contributed by atoms with Crippen molar-refractivity contribution in [3.63, 3.8) is 0 Å². The quantitative estimate of drug-likeness (QED) is 0.565. The number of urea groups is 1. The highest BCUT2D eigenvalue weighted by atomic mass is 16.2. The van der Waals surface area contributed by atoms with Gasteiger partial charge in [-0.15, -0.1) is 0 Å². The molecule has 0 bridgehead atoms. The lowest BCUT2D eigenvalue weighted by Gasteiger charge is -2.20. The summed E-state index contributed by atoms with van der Waals surface area (Å²) >= 11 is 0. The Labute approximate surface area is 142 Å². The van der Waals surface area contributed by atoms with Crippen LogP contribution in [0.15, 0.2) is 24.3 Å². The van der Waals surface area contributed by atoms with Crippen molar-refractivity contribution < 1.29 is 4.79 Å². The van der Waals surface area contributed by atoms with Crippen molar-refractivity contribution >= 4 is 6.03 Å². The number of rotatable bonds is 11. The van der Waals surface area contributed by atoms with Crippen molar-refractivity contribution in [2.24, 2.45) is 11.7 Å². The topological polar surface area (TPSA) is 46.3 Å². The van der Waals surface area contributed by atoms with E-state index >= 15 is 0 Å². The summed E-state index contributed by atoms with van der Waals surface area (Å²) in [6.07, 6.45) is 8.30. The number of aryl methyl sites for hydroxylation is 1. The van der Waals surface area contributed by atoms with Gasteiger partial charge >= 0.3 is 6.03 Å². The minimum absolute atomic E-state index is 0.315. The zero-order chi connectivity index (χ0) is 17.1. The number of carbonyl (C=O) groups is 1. The van der Waals surface area contributed by atoms with E-state index in [1.165, 1.54) is 37.7 Å².